The van der Waals surface area contributed by atoms with Crippen molar-refractivity contribution in [1.82, 2.24) is 15.5 Å². The molecule has 0 bridgehead atoms. The van der Waals surface area contributed by atoms with Crippen LogP contribution in [-0.4, -0.2) is 102 Å². The Morgan fingerprint density at radius 2 is 1.39 bits per heavy atom. The Morgan fingerprint density at radius 1 is 0.815 bits per heavy atom. The Hall–Kier alpha value is -4.72. The number of alkyl halides is 6. The molecular formula is C34H42F8N4O8. The number of rotatable bonds is 13. The molecule has 0 spiro atoms. The van der Waals surface area contributed by atoms with Crippen molar-refractivity contribution in [3.05, 3.63) is 53.1 Å². The Balaban J connectivity index is 0.000000610. The summed E-state index contributed by atoms with van der Waals surface area (Å²) in [6.07, 6.45) is -1.83. The number of anilines is 1. The van der Waals surface area contributed by atoms with Gasteiger partial charge < -0.3 is 40.9 Å². The minimum absolute atomic E-state index is 0.0174. The summed E-state index contributed by atoms with van der Waals surface area (Å²) in [5.41, 5.74) is 1.93. The molecule has 1 aliphatic heterocycles. The predicted octanol–water partition coefficient (Wildman–Crippen LogP) is 5.17. The molecule has 6 N–H and O–H groups in total. The molecule has 4 rings (SSSR count). The quantitative estimate of drug-likeness (QED) is 0.0687. The van der Waals surface area contributed by atoms with Gasteiger partial charge in [-0.05, 0) is 68.1 Å². The summed E-state index contributed by atoms with van der Waals surface area (Å²) in [4.78, 5) is 44.7. The highest BCUT2D eigenvalue weighted by Gasteiger charge is 2.39. The standard InChI is InChI=1S/C30H40F2N4O4.2C2HF3O2/c31-24-9-7-21(19-25(24)32)11-14-33-16-13-28(39)36(23-5-3-1-2-4-6-23)18-17-34-15-12-22-8-10-26(37)29-30(22)40-20-27(38)35-29;2*3-2(4,5)1(6)7/h7-10,19,23,33-34,37H,1-6,11-18,20H2,(H,35,38);2*(H,6,7). The van der Waals surface area contributed by atoms with Crippen LogP contribution in [0.2, 0.25) is 0 Å². The SMILES string of the molecule is O=C(O)C(F)(F)F.O=C(O)C(F)(F)F.O=C1COc2c(CCNCCN(C(=O)CCNCCc3ccc(F)c(F)c3)C3CCCCCC3)ccc(O)c2N1. The maximum atomic E-state index is 13.4. The average Bonchev–Trinajstić information content (AvgIpc) is 3.38. The summed E-state index contributed by atoms with van der Waals surface area (Å²) >= 11 is 0. The highest BCUT2D eigenvalue weighted by molar-refractivity contribution is 5.97. The fourth-order valence-corrected chi connectivity index (χ4v) is 5.43. The molecule has 12 nitrogen and oxygen atoms in total. The molecule has 2 aliphatic rings. The summed E-state index contributed by atoms with van der Waals surface area (Å²) in [6, 6.07) is 7.53. The molecule has 0 radical (unpaired) electrons. The van der Waals surface area contributed by atoms with Gasteiger partial charge in [0, 0.05) is 32.1 Å². The number of carboxylic acid groups (broad SMARTS) is 2. The molecule has 2 aromatic carbocycles. The van der Waals surface area contributed by atoms with Crippen LogP contribution >= 0.6 is 0 Å². The lowest BCUT2D eigenvalue weighted by molar-refractivity contribution is -0.193. The molecule has 2 aromatic rings. The fraction of sp³-hybridized carbons (Fsp3) is 0.529. The topological polar surface area (TPSA) is 178 Å². The van der Waals surface area contributed by atoms with Crippen LogP contribution in [0, 0.1) is 11.6 Å². The molecule has 20 heteroatoms. The molecule has 1 heterocycles. The molecular weight excluding hydrogens is 744 g/mol. The van der Waals surface area contributed by atoms with Gasteiger partial charge in [0.1, 0.15) is 11.4 Å². The van der Waals surface area contributed by atoms with E-state index in [-0.39, 0.29) is 30.2 Å². The molecule has 0 unspecified atom stereocenters. The van der Waals surface area contributed by atoms with E-state index in [1.54, 1.807) is 18.2 Å². The van der Waals surface area contributed by atoms with Gasteiger partial charge in [0.05, 0.1) is 0 Å². The second kappa shape index (κ2) is 21.9. The zero-order valence-electron chi connectivity index (χ0n) is 28.9. The first kappa shape index (κ1) is 45.4. The number of hydrogen-bond acceptors (Lipinski definition) is 8. The number of hydrogen-bond donors (Lipinski definition) is 6. The number of carbonyl (C=O) groups is 4. The van der Waals surface area contributed by atoms with Crippen LogP contribution in [-0.2, 0) is 32.0 Å². The van der Waals surface area contributed by atoms with Crippen LogP contribution < -0.4 is 20.7 Å². The second-order valence-electron chi connectivity index (χ2n) is 12.1. The van der Waals surface area contributed by atoms with E-state index >= 15 is 0 Å². The van der Waals surface area contributed by atoms with Gasteiger partial charge in [-0.15, -0.1) is 0 Å². The third-order valence-corrected chi connectivity index (χ3v) is 8.09. The minimum Gasteiger partial charge on any atom is -0.506 e. The smallest absolute Gasteiger partial charge is 0.490 e. The fourth-order valence-electron chi connectivity index (χ4n) is 5.43. The lowest BCUT2D eigenvalue weighted by atomic mass is 10.1. The zero-order chi connectivity index (χ0) is 40.5. The van der Waals surface area contributed by atoms with Gasteiger partial charge in [0.25, 0.3) is 5.91 Å². The van der Waals surface area contributed by atoms with Crippen LogP contribution in [0.1, 0.15) is 56.1 Å². The van der Waals surface area contributed by atoms with Crippen molar-refractivity contribution in [2.24, 2.45) is 0 Å². The maximum absolute atomic E-state index is 13.4. The number of carboxylic acids is 2. The van der Waals surface area contributed by atoms with Gasteiger partial charge in [-0.3, -0.25) is 9.59 Å². The van der Waals surface area contributed by atoms with E-state index in [2.05, 4.69) is 16.0 Å². The number of nitrogens with zero attached hydrogens (tertiary/aromatic N) is 1. The number of ether oxygens (including phenoxy) is 1. The second-order valence-corrected chi connectivity index (χ2v) is 12.1. The van der Waals surface area contributed by atoms with Crippen LogP contribution in [0.4, 0.5) is 40.8 Å². The molecule has 0 aromatic heterocycles. The molecule has 54 heavy (non-hydrogen) atoms. The van der Waals surface area contributed by atoms with Crippen LogP contribution in [0.15, 0.2) is 30.3 Å². The molecule has 2 amide bonds. The van der Waals surface area contributed by atoms with Gasteiger partial charge in [0.2, 0.25) is 5.91 Å². The predicted molar refractivity (Wildman–Crippen MR) is 177 cm³/mol. The average molecular weight is 787 g/mol. The van der Waals surface area contributed by atoms with E-state index in [9.17, 15) is 49.8 Å². The highest BCUT2D eigenvalue weighted by Crippen LogP contribution is 2.39. The zero-order valence-corrected chi connectivity index (χ0v) is 28.9. The molecule has 0 atom stereocenters. The van der Waals surface area contributed by atoms with Gasteiger partial charge >= 0.3 is 24.3 Å². The molecule has 0 saturated heterocycles. The lowest BCUT2D eigenvalue weighted by Crippen LogP contribution is -2.45. The summed E-state index contributed by atoms with van der Waals surface area (Å²) in [5, 5.41) is 33.7. The Bertz CT molecular complexity index is 1530. The van der Waals surface area contributed by atoms with E-state index in [0.717, 1.165) is 37.3 Å². The molecule has 302 valence electrons. The normalized spacial score (nSPS) is 14.5. The van der Waals surface area contributed by atoms with E-state index in [0.29, 0.717) is 69.0 Å². The number of aliphatic carboxylic acids is 2. The number of carbonyl (C=O) groups excluding carboxylic acids is 2. The Morgan fingerprint density at radius 3 is 1.96 bits per heavy atom. The van der Waals surface area contributed by atoms with Crippen molar-refractivity contribution in [2.75, 3.05) is 44.6 Å². The first-order chi connectivity index (χ1) is 25.3. The van der Waals surface area contributed by atoms with Crippen LogP contribution in [0.25, 0.3) is 0 Å². The number of halogens is 8. The van der Waals surface area contributed by atoms with Crippen molar-refractivity contribution < 1.29 is 74.4 Å². The number of nitrogens with one attached hydrogen (secondary N) is 3. The monoisotopic (exact) mass is 786 g/mol. The van der Waals surface area contributed by atoms with Gasteiger partial charge in [0.15, 0.2) is 24.0 Å². The number of fused-ring (bicyclic) bond motifs is 1. The maximum Gasteiger partial charge on any atom is 0.490 e. The van der Waals surface area contributed by atoms with E-state index < -0.39 is 35.9 Å². The van der Waals surface area contributed by atoms with Gasteiger partial charge in [-0.25, -0.2) is 18.4 Å². The first-order valence-electron chi connectivity index (χ1n) is 16.8. The van der Waals surface area contributed by atoms with Crippen LogP contribution in [0.5, 0.6) is 11.5 Å². The Kier molecular flexibility index (Phi) is 18.4. The van der Waals surface area contributed by atoms with Gasteiger partial charge in [-0.2, -0.15) is 26.3 Å². The van der Waals surface area contributed by atoms with Crippen LogP contribution in [0.3, 0.4) is 0 Å². The number of amides is 2. The minimum atomic E-state index is -5.08. The molecule has 1 saturated carbocycles. The van der Waals surface area contributed by atoms with E-state index in [1.807, 2.05) is 4.90 Å². The highest BCUT2D eigenvalue weighted by atomic mass is 19.4. The number of phenols is 1. The summed E-state index contributed by atoms with van der Waals surface area (Å²) in [6.45, 7) is 2.98. The van der Waals surface area contributed by atoms with Gasteiger partial charge in [-0.1, -0.05) is 37.8 Å². The van der Waals surface area contributed by atoms with Crippen molar-refractivity contribution in [2.45, 2.75) is 76.2 Å². The third kappa shape index (κ3) is 16.1. The summed E-state index contributed by atoms with van der Waals surface area (Å²) in [7, 11) is 0. The number of aromatic hydroxyl groups is 1. The molecule has 1 aliphatic carbocycles. The largest absolute Gasteiger partial charge is 0.506 e. The number of benzene rings is 2. The van der Waals surface area contributed by atoms with Crippen molar-refractivity contribution in [3.8, 4) is 11.5 Å². The summed E-state index contributed by atoms with van der Waals surface area (Å²) < 4.78 is 95.6. The molecule has 1 fully saturated rings. The van der Waals surface area contributed by atoms with Crippen molar-refractivity contribution in [3.63, 3.8) is 0 Å². The Labute approximate surface area is 304 Å². The van der Waals surface area contributed by atoms with E-state index in [4.69, 9.17) is 24.5 Å². The first-order valence-corrected chi connectivity index (χ1v) is 16.8. The third-order valence-electron chi connectivity index (χ3n) is 8.09. The van der Waals surface area contributed by atoms with Crippen molar-refractivity contribution >= 4 is 29.4 Å². The van der Waals surface area contributed by atoms with E-state index in [1.165, 1.54) is 18.9 Å². The van der Waals surface area contributed by atoms with Crippen molar-refractivity contribution in [1.29, 1.82) is 0 Å². The number of phenolic OH excluding ortho intramolecular Hbond substituents is 1. The lowest BCUT2D eigenvalue weighted by Gasteiger charge is -2.32. The summed E-state index contributed by atoms with van der Waals surface area (Å²) in [5.74, 6) is -6.88.